The smallest absolute Gasteiger partial charge is 0.236 e. The maximum Gasteiger partial charge on any atom is 0.236 e. The third-order valence-corrected chi connectivity index (χ3v) is 4.63. The van der Waals surface area contributed by atoms with Crippen molar-refractivity contribution in [1.29, 1.82) is 0 Å². The first-order chi connectivity index (χ1) is 8.79. The second kappa shape index (κ2) is 6.81. The molecule has 0 saturated heterocycles. The molecule has 1 rings (SSSR count). The number of anilines is 2. The van der Waals surface area contributed by atoms with Crippen molar-refractivity contribution in [1.82, 2.24) is 0 Å². The highest BCUT2D eigenvalue weighted by atomic mass is 32.2. The predicted octanol–water partition coefficient (Wildman–Crippen LogP) is 1.01. The molecule has 0 aliphatic carbocycles. The zero-order valence-corrected chi connectivity index (χ0v) is 12.6. The van der Waals surface area contributed by atoms with Crippen molar-refractivity contribution in [3.05, 3.63) is 24.3 Å². The Labute approximate surface area is 118 Å². The molecule has 7 heteroatoms. The lowest BCUT2D eigenvalue weighted by Gasteiger charge is -2.17. The van der Waals surface area contributed by atoms with Gasteiger partial charge in [0.15, 0.2) is 0 Å². The van der Waals surface area contributed by atoms with E-state index in [1.54, 1.807) is 31.3 Å². The highest BCUT2D eigenvalue weighted by Gasteiger charge is 2.11. The topological polar surface area (TPSA) is 80.5 Å². The van der Waals surface area contributed by atoms with Crippen LogP contribution in [-0.2, 0) is 14.6 Å². The second-order valence-electron chi connectivity index (χ2n) is 4.23. The Kier molecular flexibility index (Phi) is 5.68. The van der Waals surface area contributed by atoms with Gasteiger partial charge in [-0.3, -0.25) is 4.79 Å². The van der Waals surface area contributed by atoms with Crippen molar-refractivity contribution >= 4 is 38.9 Å². The van der Waals surface area contributed by atoms with Crippen LogP contribution in [0.25, 0.3) is 0 Å². The first kappa shape index (κ1) is 15.8. The molecule has 1 aromatic carbocycles. The number of carbonyl (C=O) groups is 1. The second-order valence-corrected chi connectivity index (χ2v) is 7.59. The van der Waals surface area contributed by atoms with E-state index in [4.69, 9.17) is 5.73 Å². The summed E-state index contributed by atoms with van der Waals surface area (Å²) in [6, 6.07) is 7.01. The Balaban J connectivity index is 2.43. The van der Waals surface area contributed by atoms with Gasteiger partial charge in [-0.1, -0.05) is 0 Å². The summed E-state index contributed by atoms with van der Waals surface area (Å²) in [7, 11) is -1.27. The fraction of sp³-hybridized carbons (Fsp3) is 0.417. The average Bonchev–Trinajstić information content (AvgIpc) is 2.33. The van der Waals surface area contributed by atoms with Gasteiger partial charge >= 0.3 is 0 Å². The molecule has 0 saturated carbocycles. The van der Waals surface area contributed by atoms with Crippen molar-refractivity contribution in [2.24, 2.45) is 0 Å². The van der Waals surface area contributed by atoms with Gasteiger partial charge in [0.1, 0.15) is 9.84 Å². The lowest BCUT2D eigenvalue weighted by atomic mass is 10.2. The van der Waals surface area contributed by atoms with Crippen LogP contribution in [0.2, 0.25) is 0 Å². The van der Waals surface area contributed by atoms with Crippen LogP contribution >= 0.6 is 11.8 Å². The molecule has 0 radical (unpaired) electrons. The number of rotatable bonds is 6. The van der Waals surface area contributed by atoms with E-state index in [1.165, 1.54) is 22.9 Å². The Bertz CT molecular complexity index is 526. The lowest BCUT2D eigenvalue weighted by molar-refractivity contribution is -0.115. The van der Waals surface area contributed by atoms with E-state index >= 15 is 0 Å². The van der Waals surface area contributed by atoms with Gasteiger partial charge in [0, 0.05) is 30.4 Å². The van der Waals surface area contributed by atoms with Crippen molar-refractivity contribution in [2.45, 2.75) is 0 Å². The third kappa shape index (κ3) is 5.98. The van der Waals surface area contributed by atoms with Gasteiger partial charge in [-0.2, -0.15) is 11.8 Å². The summed E-state index contributed by atoms with van der Waals surface area (Å²) >= 11 is 1.32. The van der Waals surface area contributed by atoms with Crippen molar-refractivity contribution in [3.8, 4) is 0 Å². The number of nitrogens with two attached hydrogens (primary N) is 1. The molecule has 0 fully saturated rings. The van der Waals surface area contributed by atoms with Crippen LogP contribution in [0.4, 0.5) is 11.4 Å². The standard InChI is InChI=1S/C12H18N2O3S2/c1-14(11-5-3-10(13)4-6-11)12(15)9-18-7-8-19(2,16)17/h3-6H,7-9,13H2,1-2H3. The molecule has 0 aliphatic rings. The van der Waals surface area contributed by atoms with Crippen LogP contribution in [0, 0.1) is 0 Å². The Morgan fingerprint density at radius 3 is 2.42 bits per heavy atom. The maximum absolute atomic E-state index is 11.9. The number of benzene rings is 1. The van der Waals surface area contributed by atoms with E-state index in [0.29, 0.717) is 11.4 Å². The van der Waals surface area contributed by atoms with Crippen LogP contribution in [0.15, 0.2) is 24.3 Å². The summed E-state index contributed by atoms with van der Waals surface area (Å²) in [6.07, 6.45) is 1.19. The summed E-state index contributed by atoms with van der Waals surface area (Å²) in [5.74, 6) is 0.718. The quantitative estimate of drug-likeness (QED) is 0.626. The molecule has 1 amide bonds. The van der Waals surface area contributed by atoms with Gasteiger partial charge < -0.3 is 10.6 Å². The van der Waals surface area contributed by atoms with E-state index in [-0.39, 0.29) is 17.4 Å². The highest BCUT2D eigenvalue weighted by Crippen LogP contribution is 2.16. The fourth-order valence-corrected chi connectivity index (χ4v) is 3.50. The molecular formula is C12H18N2O3S2. The predicted molar refractivity (Wildman–Crippen MR) is 81.3 cm³/mol. The van der Waals surface area contributed by atoms with Crippen LogP contribution in [0.3, 0.4) is 0 Å². The minimum Gasteiger partial charge on any atom is -0.399 e. The summed E-state index contributed by atoms with van der Waals surface area (Å²) < 4.78 is 21.9. The van der Waals surface area contributed by atoms with Crippen LogP contribution in [-0.4, -0.2) is 44.9 Å². The molecule has 106 valence electrons. The zero-order chi connectivity index (χ0) is 14.5. The molecule has 0 heterocycles. The Morgan fingerprint density at radius 2 is 1.89 bits per heavy atom. The normalized spacial score (nSPS) is 11.3. The largest absolute Gasteiger partial charge is 0.399 e. The molecule has 1 aromatic rings. The van der Waals surface area contributed by atoms with E-state index in [0.717, 1.165) is 5.69 Å². The van der Waals surface area contributed by atoms with E-state index < -0.39 is 9.84 Å². The average molecular weight is 302 g/mol. The van der Waals surface area contributed by atoms with Gasteiger partial charge in [0.05, 0.1) is 11.5 Å². The van der Waals surface area contributed by atoms with Gasteiger partial charge in [-0.25, -0.2) is 8.42 Å². The number of hydrogen-bond acceptors (Lipinski definition) is 5. The summed E-state index contributed by atoms with van der Waals surface area (Å²) in [4.78, 5) is 13.4. The van der Waals surface area contributed by atoms with Gasteiger partial charge in [-0.05, 0) is 24.3 Å². The molecule has 2 N–H and O–H groups in total. The number of amides is 1. The minimum absolute atomic E-state index is 0.0664. The highest BCUT2D eigenvalue weighted by molar-refractivity contribution is 8.01. The minimum atomic E-state index is -2.96. The van der Waals surface area contributed by atoms with E-state index in [2.05, 4.69) is 0 Å². The molecular weight excluding hydrogens is 284 g/mol. The first-order valence-corrected chi connectivity index (χ1v) is 8.88. The van der Waals surface area contributed by atoms with E-state index in [1.807, 2.05) is 0 Å². The Morgan fingerprint density at radius 1 is 1.32 bits per heavy atom. The Hall–Kier alpha value is -1.21. The fourth-order valence-electron chi connectivity index (χ4n) is 1.31. The molecule has 19 heavy (non-hydrogen) atoms. The summed E-state index contributed by atoms with van der Waals surface area (Å²) in [5.41, 5.74) is 6.99. The van der Waals surface area contributed by atoms with Gasteiger partial charge in [-0.15, -0.1) is 0 Å². The monoisotopic (exact) mass is 302 g/mol. The molecule has 0 spiro atoms. The third-order valence-electron chi connectivity index (χ3n) is 2.48. The SMILES string of the molecule is CN(C(=O)CSCCS(C)(=O)=O)c1ccc(N)cc1. The summed E-state index contributed by atoms with van der Waals surface area (Å²) in [6.45, 7) is 0. The molecule has 0 bridgehead atoms. The van der Waals surface area contributed by atoms with Crippen molar-refractivity contribution in [2.75, 3.05) is 41.2 Å². The molecule has 0 aromatic heterocycles. The molecule has 0 aliphatic heterocycles. The van der Waals surface area contributed by atoms with Crippen LogP contribution in [0.1, 0.15) is 0 Å². The molecule has 0 unspecified atom stereocenters. The van der Waals surface area contributed by atoms with E-state index in [9.17, 15) is 13.2 Å². The lowest BCUT2D eigenvalue weighted by Crippen LogP contribution is -2.28. The number of sulfone groups is 1. The molecule has 0 atom stereocenters. The maximum atomic E-state index is 11.9. The first-order valence-electron chi connectivity index (χ1n) is 5.67. The van der Waals surface area contributed by atoms with Crippen LogP contribution in [0.5, 0.6) is 0 Å². The van der Waals surface area contributed by atoms with Crippen LogP contribution < -0.4 is 10.6 Å². The number of hydrogen-bond donors (Lipinski definition) is 1. The van der Waals surface area contributed by atoms with Crippen molar-refractivity contribution in [3.63, 3.8) is 0 Å². The molecule has 5 nitrogen and oxygen atoms in total. The van der Waals surface area contributed by atoms with Gasteiger partial charge in [0.2, 0.25) is 5.91 Å². The zero-order valence-electron chi connectivity index (χ0n) is 11.0. The van der Waals surface area contributed by atoms with Gasteiger partial charge in [0.25, 0.3) is 0 Å². The number of carbonyl (C=O) groups excluding carboxylic acids is 1. The summed E-state index contributed by atoms with van der Waals surface area (Å²) in [5, 5.41) is 0. The number of thioether (sulfide) groups is 1. The number of nitrogens with zero attached hydrogens (tertiary/aromatic N) is 1. The number of nitrogen functional groups attached to an aromatic ring is 1. The van der Waals surface area contributed by atoms with Crippen molar-refractivity contribution < 1.29 is 13.2 Å².